The molecule has 1 N–H and O–H groups in total. The smallest absolute Gasteiger partial charge is 0.180 e. The van der Waals surface area contributed by atoms with E-state index in [0.717, 1.165) is 5.56 Å². The lowest BCUT2D eigenvalue weighted by atomic mass is 10.2. The van der Waals surface area contributed by atoms with Crippen LogP contribution in [0.3, 0.4) is 0 Å². The Morgan fingerprint density at radius 1 is 1.00 bits per heavy atom. The molecule has 0 saturated heterocycles. The van der Waals surface area contributed by atoms with E-state index in [2.05, 4.69) is 5.32 Å². The van der Waals surface area contributed by atoms with Crippen molar-refractivity contribution >= 4 is 34.8 Å². The summed E-state index contributed by atoms with van der Waals surface area (Å²) in [6.07, 6.45) is 0. The van der Waals surface area contributed by atoms with Gasteiger partial charge < -0.3 is 14.8 Å². The molecule has 0 saturated carbocycles. The highest BCUT2D eigenvalue weighted by atomic mass is 35.5. The third-order valence-electron chi connectivity index (χ3n) is 3.17. The van der Waals surface area contributed by atoms with E-state index in [1.165, 1.54) is 0 Å². The highest BCUT2D eigenvalue weighted by molar-refractivity contribution is 6.36. The number of benzene rings is 2. The predicted octanol–water partition coefficient (Wildman–Crippen LogP) is 5.34. The van der Waals surface area contributed by atoms with E-state index in [4.69, 9.17) is 44.3 Å². The lowest BCUT2D eigenvalue weighted by Gasteiger charge is -2.16. The fourth-order valence-electron chi connectivity index (χ4n) is 2.15. The molecule has 23 heavy (non-hydrogen) atoms. The Kier molecular flexibility index (Phi) is 6.85. The molecule has 2 rings (SSSR count). The number of ether oxygens (including phenoxy) is 2. The Morgan fingerprint density at radius 2 is 1.70 bits per heavy atom. The molecule has 0 aliphatic carbocycles. The quantitative estimate of drug-likeness (QED) is 0.709. The van der Waals surface area contributed by atoms with E-state index in [1.54, 1.807) is 18.2 Å². The fourth-order valence-corrected chi connectivity index (χ4v) is 2.94. The molecule has 0 aliphatic heterocycles. The summed E-state index contributed by atoms with van der Waals surface area (Å²) in [4.78, 5) is 0. The van der Waals surface area contributed by atoms with Crippen molar-refractivity contribution in [2.24, 2.45) is 0 Å². The first kappa shape index (κ1) is 18.2. The minimum absolute atomic E-state index is 0.212. The van der Waals surface area contributed by atoms with Crippen LogP contribution in [-0.2, 0) is 13.2 Å². The first-order chi connectivity index (χ1) is 11.1. The highest BCUT2D eigenvalue weighted by Gasteiger charge is 2.14. The predicted molar refractivity (Wildman–Crippen MR) is 96.2 cm³/mol. The van der Waals surface area contributed by atoms with Crippen LogP contribution in [0.25, 0.3) is 0 Å². The number of halogens is 3. The van der Waals surface area contributed by atoms with E-state index in [0.29, 0.717) is 45.3 Å². The number of rotatable bonds is 7. The number of nitrogens with one attached hydrogen (secondary N) is 1. The zero-order valence-electron chi connectivity index (χ0n) is 13.0. The highest BCUT2D eigenvalue weighted by Crippen LogP contribution is 2.38. The number of hydrogen-bond acceptors (Lipinski definition) is 3. The summed E-state index contributed by atoms with van der Waals surface area (Å²) in [5.74, 6) is 1.10. The van der Waals surface area contributed by atoms with Crippen molar-refractivity contribution in [2.45, 2.75) is 20.1 Å². The molecule has 0 unspecified atom stereocenters. The lowest BCUT2D eigenvalue weighted by molar-refractivity contribution is 0.269. The van der Waals surface area contributed by atoms with Crippen LogP contribution in [0.2, 0.25) is 15.1 Å². The molecule has 2 aromatic carbocycles. The van der Waals surface area contributed by atoms with Gasteiger partial charge in [-0.3, -0.25) is 0 Å². The van der Waals surface area contributed by atoms with Gasteiger partial charge in [-0.05, 0) is 43.8 Å². The average molecular weight is 375 g/mol. The summed E-state index contributed by atoms with van der Waals surface area (Å²) in [5.41, 5.74) is 1.73. The van der Waals surface area contributed by atoms with Crippen molar-refractivity contribution < 1.29 is 9.47 Å². The van der Waals surface area contributed by atoms with Crippen LogP contribution in [-0.4, -0.2) is 13.7 Å². The Hall–Kier alpha value is -1.13. The second-order valence-electron chi connectivity index (χ2n) is 4.86. The molecule has 2 aromatic rings. The largest absolute Gasteiger partial charge is 0.490 e. The normalized spacial score (nSPS) is 10.7. The van der Waals surface area contributed by atoms with Crippen LogP contribution in [0.4, 0.5) is 0 Å². The molecule has 0 amide bonds. The Morgan fingerprint density at radius 3 is 2.30 bits per heavy atom. The van der Waals surface area contributed by atoms with Crippen molar-refractivity contribution in [3.8, 4) is 11.5 Å². The van der Waals surface area contributed by atoms with Crippen molar-refractivity contribution in [2.75, 3.05) is 13.7 Å². The molecule has 0 bridgehead atoms. The van der Waals surface area contributed by atoms with Gasteiger partial charge in [0.05, 0.1) is 11.6 Å². The second-order valence-corrected chi connectivity index (χ2v) is 6.08. The van der Waals surface area contributed by atoms with Crippen molar-refractivity contribution in [1.82, 2.24) is 5.32 Å². The average Bonchev–Trinajstić information content (AvgIpc) is 2.49. The summed E-state index contributed by atoms with van der Waals surface area (Å²) in [6, 6.07) is 9.10. The monoisotopic (exact) mass is 373 g/mol. The van der Waals surface area contributed by atoms with Crippen molar-refractivity contribution in [3.63, 3.8) is 0 Å². The summed E-state index contributed by atoms with van der Waals surface area (Å²) in [6.45, 7) is 3.33. The van der Waals surface area contributed by atoms with Gasteiger partial charge in [0.15, 0.2) is 11.5 Å². The van der Waals surface area contributed by atoms with Gasteiger partial charge in [-0.15, -0.1) is 0 Å². The molecule has 6 heteroatoms. The molecule has 3 nitrogen and oxygen atoms in total. The minimum Gasteiger partial charge on any atom is -0.490 e. The van der Waals surface area contributed by atoms with Crippen LogP contribution in [0.1, 0.15) is 18.1 Å². The molecule has 0 heterocycles. The van der Waals surface area contributed by atoms with Gasteiger partial charge in [0.1, 0.15) is 6.61 Å². The Balaban J connectivity index is 2.28. The first-order valence-electron chi connectivity index (χ1n) is 7.22. The summed E-state index contributed by atoms with van der Waals surface area (Å²) in [7, 11) is 1.87. The zero-order valence-corrected chi connectivity index (χ0v) is 15.2. The first-order valence-corrected chi connectivity index (χ1v) is 8.35. The van der Waals surface area contributed by atoms with Gasteiger partial charge in [0.2, 0.25) is 0 Å². The van der Waals surface area contributed by atoms with Crippen LogP contribution in [0.5, 0.6) is 11.5 Å². The van der Waals surface area contributed by atoms with Gasteiger partial charge in [0, 0.05) is 22.2 Å². The fraction of sp³-hybridized carbons (Fsp3) is 0.294. The molecule has 0 atom stereocenters. The zero-order chi connectivity index (χ0) is 16.8. The van der Waals surface area contributed by atoms with Crippen LogP contribution < -0.4 is 14.8 Å². The van der Waals surface area contributed by atoms with Crippen molar-refractivity contribution in [1.29, 1.82) is 0 Å². The maximum Gasteiger partial charge on any atom is 0.180 e. The SMILES string of the molecule is CCOc1cc(CNC)cc(Cl)c1OCc1c(Cl)cccc1Cl. The lowest BCUT2D eigenvalue weighted by Crippen LogP contribution is -2.07. The maximum absolute atomic E-state index is 6.35. The summed E-state index contributed by atoms with van der Waals surface area (Å²) < 4.78 is 11.5. The third kappa shape index (κ3) is 4.67. The van der Waals surface area contributed by atoms with E-state index in [-0.39, 0.29) is 6.61 Å². The molecule has 0 aromatic heterocycles. The Labute approximate surface area is 151 Å². The van der Waals surface area contributed by atoms with Crippen LogP contribution in [0.15, 0.2) is 30.3 Å². The topological polar surface area (TPSA) is 30.5 Å². The van der Waals surface area contributed by atoms with E-state index < -0.39 is 0 Å². The second kappa shape index (κ2) is 8.65. The molecule has 0 radical (unpaired) electrons. The van der Waals surface area contributed by atoms with Gasteiger partial charge in [-0.1, -0.05) is 40.9 Å². The van der Waals surface area contributed by atoms with Crippen molar-refractivity contribution in [3.05, 3.63) is 56.5 Å². The molecule has 0 aliphatic rings. The molecule has 124 valence electrons. The molecular weight excluding hydrogens is 357 g/mol. The third-order valence-corrected chi connectivity index (χ3v) is 4.16. The molecule has 0 fully saturated rings. The van der Waals surface area contributed by atoms with Crippen LogP contribution >= 0.6 is 34.8 Å². The summed E-state index contributed by atoms with van der Waals surface area (Å²) in [5, 5.41) is 4.68. The molecular formula is C17H18Cl3NO2. The van der Waals surface area contributed by atoms with Gasteiger partial charge in [0.25, 0.3) is 0 Å². The van der Waals surface area contributed by atoms with Gasteiger partial charge >= 0.3 is 0 Å². The maximum atomic E-state index is 6.35. The summed E-state index contributed by atoms with van der Waals surface area (Å²) >= 11 is 18.7. The standard InChI is InChI=1S/C17H18Cl3NO2/c1-3-22-16-8-11(9-21-2)7-15(20)17(16)23-10-12-13(18)5-4-6-14(12)19/h4-8,21H,3,9-10H2,1-2H3. The van der Waals surface area contributed by atoms with Gasteiger partial charge in [-0.25, -0.2) is 0 Å². The van der Waals surface area contributed by atoms with E-state index in [1.807, 2.05) is 26.1 Å². The molecule has 0 spiro atoms. The van der Waals surface area contributed by atoms with Crippen LogP contribution in [0, 0.1) is 0 Å². The minimum atomic E-state index is 0.212. The van der Waals surface area contributed by atoms with E-state index >= 15 is 0 Å². The van der Waals surface area contributed by atoms with E-state index in [9.17, 15) is 0 Å². The Bertz CT molecular complexity index is 657. The number of hydrogen-bond donors (Lipinski definition) is 1. The van der Waals surface area contributed by atoms with Gasteiger partial charge in [-0.2, -0.15) is 0 Å².